The molecule has 1 fully saturated rings. The van der Waals surface area contributed by atoms with Crippen molar-refractivity contribution in [1.82, 2.24) is 4.98 Å². The van der Waals surface area contributed by atoms with E-state index in [0.717, 1.165) is 6.61 Å². The molecule has 1 aromatic heterocycles. The van der Waals surface area contributed by atoms with Gasteiger partial charge in [-0.25, -0.2) is 0 Å². The first-order chi connectivity index (χ1) is 12.4. The Balaban J connectivity index is 1.73. The monoisotopic (exact) mass is 331 g/mol. The number of hydrogen-bond donors (Lipinski definition) is 1. The Bertz CT molecular complexity index is 831. The zero-order valence-electron chi connectivity index (χ0n) is 14.6. The molecule has 5 rings (SSSR count). The molecule has 1 aromatic rings. The Morgan fingerprint density at radius 2 is 1.64 bits per heavy atom. The summed E-state index contributed by atoms with van der Waals surface area (Å²) < 4.78 is 6.21. The minimum absolute atomic E-state index is 0.547. The molecule has 1 saturated carbocycles. The van der Waals surface area contributed by atoms with Gasteiger partial charge in [0.2, 0.25) is 0 Å². The molecule has 2 unspecified atom stereocenters. The highest BCUT2D eigenvalue weighted by Crippen LogP contribution is 2.51. The van der Waals surface area contributed by atoms with Gasteiger partial charge in [-0.05, 0) is 36.5 Å². The zero-order chi connectivity index (χ0) is 16.6. The van der Waals surface area contributed by atoms with Crippen molar-refractivity contribution in [3.63, 3.8) is 0 Å². The normalized spacial score (nSPS) is 27.2. The molecule has 2 nitrogen and oxygen atoms in total. The maximum Gasteiger partial charge on any atom is 0.109 e. The second kappa shape index (κ2) is 6.25. The fourth-order valence-corrected chi connectivity index (χ4v) is 5.01. The number of ether oxygens (including phenoxy) is 1. The molecular weight excluding hydrogens is 306 g/mol. The highest BCUT2D eigenvalue weighted by molar-refractivity contribution is 5.84. The molecule has 0 aromatic carbocycles. The fourth-order valence-electron chi connectivity index (χ4n) is 5.01. The Hall–Kier alpha value is -2.22. The summed E-state index contributed by atoms with van der Waals surface area (Å²) in [6.45, 7) is 0.724. The minimum atomic E-state index is 0.547. The van der Waals surface area contributed by atoms with E-state index in [9.17, 15) is 0 Å². The molecule has 0 spiro atoms. The molecular formula is C23H25NO. The number of rotatable bonds is 0. The number of aromatic amines is 1. The van der Waals surface area contributed by atoms with Gasteiger partial charge in [0.05, 0.1) is 5.69 Å². The van der Waals surface area contributed by atoms with Crippen LogP contribution in [0.3, 0.4) is 0 Å². The van der Waals surface area contributed by atoms with Crippen LogP contribution in [0.4, 0.5) is 0 Å². The second-order valence-corrected chi connectivity index (χ2v) is 7.54. The molecule has 4 aliphatic rings. The van der Waals surface area contributed by atoms with Gasteiger partial charge in [0.1, 0.15) is 12.4 Å². The summed E-state index contributed by atoms with van der Waals surface area (Å²) in [6, 6.07) is 0. The van der Waals surface area contributed by atoms with Crippen molar-refractivity contribution in [2.45, 2.75) is 44.4 Å². The van der Waals surface area contributed by atoms with Crippen LogP contribution < -0.4 is 0 Å². The van der Waals surface area contributed by atoms with Crippen LogP contribution in [0.1, 0.15) is 67.0 Å². The van der Waals surface area contributed by atoms with E-state index in [4.69, 9.17) is 4.74 Å². The molecule has 0 bridgehead atoms. The van der Waals surface area contributed by atoms with E-state index in [0.29, 0.717) is 11.8 Å². The molecule has 0 radical (unpaired) electrons. The third-order valence-electron chi connectivity index (χ3n) is 6.10. The molecule has 0 saturated heterocycles. The van der Waals surface area contributed by atoms with E-state index in [2.05, 4.69) is 53.6 Å². The van der Waals surface area contributed by atoms with E-state index in [1.54, 1.807) is 0 Å². The van der Waals surface area contributed by atoms with E-state index in [1.807, 2.05) is 0 Å². The molecule has 2 atom stereocenters. The summed E-state index contributed by atoms with van der Waals surface area (Å²) in [7, 11) is 0. The van der Waals surface area contributed by atoms with Crippen LogP contribution in [-0.2, 0) is 4.74 Å². The van der Waals surface area contributed by atoms with Crippen LogP contribution in [0.2, 0.25) is 0 Å². The fraction of sp³-hybridized carbons (Fsp3) is 0.391. The van der Waals surface area contributed by atoms with E-state index >= 15 is 0 Å². The Morgan fingerprint density at radius 1 is 0.840 bits per heavy atom. The first-order valence-electron chi connectivity index (χ1n) is 9.74. The van der Waals surface area contributed by atoms with Crippen molar-refractivity contribution in [2.24, 2.45) is 5.92 Å². The van der Waals surface area contributed by atoms with Crippen LogP contribution in [0.5, 0.6) is 0 Å². The van der Waals surface area contributed by atoms with Crippen molar-refractivity contribution < 1.29 is 4.74 Å². The number of fused-ring (bicyclic) bond motifs is 7. The van der Waals surface area contributed by atoms with Crippen molar-refractivity contribution >= 4 is 17.7 Å². The van der Waals surface area contributed by atoms with Crippen molar-refractivity contribution in [2.75, 3.05) is 6.61 Å². The van der Waals surface area contributed by atoms with E-state index in [-0.39, 0.29) is 0 Å². The molecule has 2 heteroatoms. The van der Waals surface area contributed by atoms with Gasteiger partial charge in [-0.1, -0.05) is 62.1 Å². The predicted molar refractivity (Wildman–Crippen MR) is 104 cm³/mol. The lowest BCUT2D eigenvalue weighted by Gasteiger charge is -2.37. The highest BCUT2D eigenvalue weighted by atomic mass is 16.5. The van der Waals surface area contributed by atoms with Crippen molar-refractivity contribution in [1.29, 1.82) is 0 Å². The first kappa shape index (κ1) is 15.1. The lowest BCUT2D eigenvalue weighted by Crippen LogP contribution is -2.26. The van der Waals surface area contributed by atoms with Crippen LogP contribution in [0.25, 0.3) is 17.7 Å². The van der Waals surface area contributed by atoms with Crippen LogP contribution >= 0.6 is 0 Å². The van der Waals surface area contributed by atoms with Gasteiger partial charge in [-0.2, -0.15) is 0 Å². The first-order valence-corrected chi connectivity index (χ1v) is 9.74. The maximum absolute atomic E-state index is 6.21. The highest BCUT2D eigenvalue weighted by Gasteiger charge is 2.39. The van der Waals surface area contributed by atoms with Gasteiger partial charge in [0, 0.05) is 22.7 Å². The topological polar surface area (TPSA) is 25.0 Å². The summed E-state index contributed by atoms with van der Waals surface area (Å²) in [5.74, 6) is 2.38. The SMILES string of the molecule is C1=CC=Cc2c([nH]c3c2C2CCCCCCC2C2=C3C=CCO2)C=C1. The molecule has 128 valence electrons. The quantitative estimate of drug-likeness (QED) is 0.622. The summed E-state index contributed by atoms with van der Waals surface area (Å²) in [5, 5.41) is 0. The van der Waals surface area contributed by atoms with Crippen LogP contribution in [0.15, 0.2) is 42.2 Å². The Labute approximate surface area is 149 Å². The number of nitrogens with one attached hydrogen (secondary N) is 1. The zero-order valence-corrected chi connectivity index (χ0v) is 14.6. The lowest BCUT2D eigenvalue weighted by molar-refractivity contribution is 0.175. The summed E-state index contributed by atoms with van der Waals surface area (Å²) in [4.78, 5) is 3.73. The predicted octanol–water partition coefficient (Wildman–Crippen LogP) is 5.98. The number of allylic oxidation sites excluding steroid dienone is 7. The van der Waals surface area contributed by atoms with Crippen molar-refractivity contribution in [3.05, 3.63) is 64.7 Å². The summed E-state index contributed by atoms with van der Waals surface area (Å²) in [6.07, 6.45) is 25.4. The largest absolute Gasteiger partial charge is 0.493 e. The Kier molecular flexibility index (Phi) is 3.77. The number of hydrogen-bond acceptors (Lipinski definition) is 1. The smallest absolute Gasteiger partial charge is 0.109 e. The van der Waals surface area contributed by atoms with Crippen molar-refractivity contribution in [3.8, 4) is 0 Å². The van der Waals surface area contributed by atoms with Gasteiger partial charge in [-0.15, -0.1) is 0 Å². The van der Waals surface area contributed by atoms with Gasteiger partial charge in [-0.3, -0.25) is 0 Å². The number of H-pyrrole nitrogens is 1. The molecule has 1 aliphatic heterocycles. The maximum atomic E-state index is 6.21. The van der Waals surface area contributed by atoms with Gasteiger partial charge >= 0.3 is 0 Å². The molecule has 2 heterocycles. The minimum Gasteiger partial charge on any atom is -0.493 e. The Morgan fingerprint density at radius 3 is 2.52 bits per heavy atom. The van der Waals surface area contributed by atoms with E-state index < -0.39 is 0 Å². The van der Waals surface area contributed by atoms with Gasteiger partial charge in [0.25, 0.3) is 0 Å². The van der Waals surface area contributed by atoms with Gasteiger partial charge in [0.15, 0.2) is 0 Å². The summed E-state index contributed by atoms with van der Waals surface area (Å²) >= 11 is 0. The second-order valence-electron chi connectivity index (χ2n) is 7.54. The van der Waals surface area contributed by atoms with Crippen LogP contribution in [0, 0.1) is 5.92 Å². The van der Waals surface area contributed by atoms with Gasteiger partial charge < -0.3 is 9.72 Å². The molecule has 0 amide bonds. The van der Waals surface area contributed by atoms with Crippen LogP contribution in [-0.4, -0.2) is 11.6 Å². The summed E-state index contributed by atoms with van der Waals surface area (Å²) in [5.41, 5.74) is 6.75. The standard InChI is InChI=1S/C23H25NO/c1-2-6-11-17-16(10-5-1)21-18-12-7-3-4-8-14-20(18)24-22(21)19-13-9-15-25-23(17)19/h3-4,7-9,12-14,16-17,24H,1-2,5-6,10-11,15H2. The average Bonchev–Trinajstić information content (AvgIpc) is 2.93. The third kappa shape index (κ3) is 2.47. The number of aromatic nitrogens is 1. The molecule has 25 heavy (non-hydrogen) atoms. The average molecular weight is 331 g/mol. The third-order valence-corrected chi connectivity index (χ3v) is 6.10. The molecule has 1 N–H and O–H groups in total. The van der Waals surface area contributed by atoms with E-state index in [1.165, 1.54) is 72.4 Å². The molecule has 3 aliphatic carbocycles. The lowest BCUT2D eigenvalue weighted by atomic mass is 9.70.